The fourth-order valence-electron chi connectivity index (χ4n) is 7.93. The van der Waals surface area contributed by atoms with Crippen LogP contribution >= 0.6 is 0 Å². The highest BCUT2D eigenvalue weighted by Crippen LogP contribution is 2.36. The molecule has 0 saturated carbocycles. The van der Waals surface area contributed by atoms with Gasteiger partial charge in [-0.25, -0.2) is 4.85 Å². The molecule has 0 aliphatic carbocycles. The summed E-state index contributed by atoms with van der Waals surface area (Å²) >= 11 is 0. The maximum Gasteiger partial charge on any atom is 0.194 e. The molecule has 3 aromatic carbocycles. The van der Waals surface area contributed by atoms with Crippen molar-refractivity contribution >= 4 is 13.8 Å². The van der Waals surface area contributed by atoms with Crippen LogP contribution in [0.15, 0.2) is 36.4 Å². The summed E-state index contributed by atoms with van der Waals surface area (Å²) in [4.78, 5) is 3.99. The average Bonchev–Trinajstić information content (AvgIpc) is 3.22. The summed E-state index contributed by atoms with van der Waals surface area (Å²) in [7, 11) is -1.53. The fraction of sp³-hybridized carbons (Fsp3) is 0.569. The Morgan fingerprint density at radius 2 is 0.767 bits per heavy atom. The van der Waals surface area contributed by atoms with Crippen LogP contribution in [0.3, 0.4) is 0 Å². The molecule has 0 saturated heterocycles. The molecule has 1 nitrogen and oxygen atoms in total. The van der Waals surface area contributed by atoms with Gasteiger partial charge in [0.1, 0.15) is 8.07 Å². The standard InChI is InChI=1S/C58H81NSi/c1-13-17-21-25-29-48-42-53(35-36-54-43-51(32-28-24-20-16-4)55(37-38-60(10,11)12)44-50(54)31-27-23-19-15-3)49(30-26-22-18-14-2)41-52(48)34-33-47-39-56(45(5)6)58(59-9)57(40-47)46(7)8/h39-46H,13-32H2,1-8,10-12H3. The van der Waals surface area contributed by atoms with E-state index in [9.17, 15) is 0 Å². The summed E-state index contributed by atoms with van der Waals surface area (Å²) in [5, 5.41) is 0. The quantitative estimate of drug-likeness (QED) is 0.0412. The van der Waals surface area contributed by atoms with Crippen LogP contribution in [0, 0.1) is 41.7 Å². The van der Waals surface area contributed by atoms with Crippen LogP contribution in [0.1, 0.15) is 231 Å². The van der Waals surface area contributed by atoms with E-state index in [1.165, 1.54) is 129 Å². The van der Waals surface area contributed by atoms with Gasteiger partial charge in [-0.1, -0.05) is 194 Å². The Hall–Kier alpha value is -3.95. The van der Waals surface area contributed by atoms with Crippen molar-refractivity contribution in [2.24, 2.45) is 0 Å². The van der Waals surface area contributed by atoms with Crippen molar-refractivity contribution in [3.05, 3.63) is 109 Å². The summed E-state index contributed by atoms with van der Waals surface area (Å²) in [5.74, 6) is 19.2. The van der Waals surface area contributed by atoms with E-state index >= 15 is 0 Å². The molecule has 60 heavy (non-hydrogen) atoms. The SMILES string of the molecule is [C-]#[N+]c1c(C(C)C)cc(C#Cc2cc(CCCCCC)c(C#Cc3cc(CCCCCC)c(C#C[Si](C)(C)C)cc3CCCCCC)cc2CCCCCC)cc1C(C)C. The smallest absolute Gasteiger partial charge is 0.194 e. The maximum absolute atomic E-state index is 7.98. The molecule has 3 aromatic rings. The van der Waals surface area contributed by atoms with Crippen molar-refractivity contribution in [1.82, 2.24) is 0 Å². The van der Waals surface area contributed by atoms with Gasteiger partial charge in [0.15, 0.2) is 5.69 Å². The number of benzene rings is 3. The van der Waals surface area contributed by atoms with E-state index in [0.717, 1.165) is 66.5 Å². The fourth-order valence-corrected chi connectivity index (χ4v) is 8.44. The molecule has 0 heterocycles. The van der Waals surface area contributed by atoms with E-state index in [1.54, 1.807) is 0 Å². The number of unbranched alkanes of at least 4 members (excludes halogenated alkanes) is 12. The van der Waals surface area contributed by atoms with Gasteiger partial charge < -0.3 is 0 Å². The van der Waals surface area contributed by atoms with Gasteiger partial charge in [-0.15, -0.1) is 5.54 Å². The van der Waals surface area contributed by atoms with Gasteiger partial charge in [0.05, 0.1) is 6.57 Å². The third-order valence-corrected chi connectivity index (χ3v) is 12.5. The number of rotatable bonds is 22. The number of nitrogens with zero attached hydrogens (tertiary/aromatic N) is 1. The van der Waals surface area contributed by atoms with Crippen molar-refractivity contribution in [3.63, 3.8) is 0 Å². The minimum absolute atomic E-state index is 0.262. The predicted molar refractivity (Wildman–Crippen MR) is 267 cm³/mol. The van der Waals surface area contributed by atoms with E-state index in [0.29, 0.717) is 0 Å². The molecule has 0 radical (unpaired) electrons. The van der Waals surface area contributed by atoms with Crippen LogP contribution in [0.4, 0.5) is 5.69 Å². The third kappa shape index (κ3) is 17.2. The Kier molecular flexibility index (Phi) is 22.8. The van der Waals surface area contributed by atoms with E-state index in [4.69, 9.17) is 6.57 Å². The molecule has 0 bridgehead atoms. The van der Waals surface area contributed by atoms with Crippen molar-refractivity contribution in [2.45, 2.75) is 215 Å². The van der Waals surface area contributed by atoms with Gasteiger partial charge in [-0.2, -0.15) is 0 Å². The Balaban J connectivity index is 2.28. The molecule has 0 aliphatic rings. The first-order valence-electron chi connectivity index (χ1n) is 24.3. The van der Waals surface area contributed by atoms with E-state index in [2.05, 4.69) is 151 Å². The third-order valence-electron chi connectivity index (χ3n) is 11.6. The molecule has 0 atom stereocenters. The zero-order valence-electron chi connectivity index (χ0n) is 40.2. The normalized spacial score (nSPS) is 11.1. The first kappa shape index (κ1) is 50.4. The highest BCUT2D eigenvalue weighted by atomic mass is 28.3. The molecule has 0 amide bonds. The molecule has 2 heteroatoms. The lowest BCUT2D eigenvalue weighted by molar-refractivity contribution is 0.662. The summed E-state index contributed by atoms with van der Waals surface area (Å²) in [6, 6.07) is 14.0. The first-order chi connectivity index (χ1) is 28.8. The molecule has 3 rings (SSSR count). The lowest BCUT2D eigenvalue weighted by atomic mass is 9.90. The first-order valence-corrected chi connectivity index (χ1v) is 27.8. The Labute approximate surface area is 371 Å². The Bertz CT molecular complexity index is 2000. The van der Waals surface area contributed by atoms with Crippen LogP contribution in [-0.2, 0) is 25.7 Å². The maximum atomic E-state index is 7.98. The predicted octanol–water partition coefficient (Wildman–Crippen LogP) is 17.0. The molecule has 322 valence electrons. The van der Waals surface area contributed by atoms with Gasteiger partial charge in [0, 0.05) is 27.8 Å². The monoisotopic (exact) mass is 820 g/mol. The molecule has 0 aromatic heterocycles. The van der Waals surface area contributed by atoms with E-state index in [-0.39, 0.29) is 11.8 Å². The van der Waals surface area contributed by atoms with Crippen molar-refractivity contribution in [2.75, 3.05) is 0 Å². The van der Waals surface area contributed by atoms with E-state index in [1.807, 2.05) is 0 Å². The van der Waals surface area contributed by atoms with Crippen LogP contribution < -0.4 is 0 Å². The van der Waals surface area contributed by atoms with Crippen LogP contribution in [-0.4, -0.2) is 8.07 Å². The topological polar surface area (TPSA) is 4.36 Å². The zero-order chi connectivity index (χ0) is 43.9. The second kappa shape index (κ2) is 27.1. The van der Waals surface area contributed by atoms with Gasteiger partial charge in [0.2, 0.25) is 0 Å². The molecule has 0 aliphatic heterocycles. The van der Waals surface area contributed by atoms with E-state index < -0.39 is 8.07 Å². The van der Waals surface area contributed by atoms with Gasteiger partial charge in [-0.3, -0.25) is 0 Å². The number of hydrogen-bond donors (Lipinski definition) is 0. The molecular formula is C58H81NSi. The molecular weight excluding hydrogens is 739 g/mol. The largest absolute Gasteiger partial charge is 0.238 e. The lowest BCUT2D eigenvalue weighted by Gasteiger charge is -2.16. The van der Waals surface area contributed by atoms with Gasteiger partial charge in [-0.05, 0) is 121 Å². The van der Waals surface area contributed by atoms with Gasteiger partial charge >= 0.3 is 0 Å². The number of hydrogen-bond acceptors (Lipinski definition) is 0. The van der Waals surface area contributed by atoms with Crippen LogP contribution in [0.25, 0.3) is 4.85 Å². The molecule has 0 N–H and O–H groups in total. The summed E-state index contributed by atoms with van der Waals surface area (Å²) in [6.45, 7) is 32.9. The second-order valence-corrected chi connectivity index (χ2v) is 23.8. The number of aryl methyl sites for hydroxylation is 4. The van der Waals surface area contributed by atoms with Gasteiger partial charge in [0.25, 0.3) is 0 Å². The average molecular weight is 820 g/mol. The summed E-state index contributed by atoms with van der Waals surface area (Å²) in [5.41, 5.74) is 17.9. The molecule has 0 spiro atoms. The highest BCUT2D eigenvalue weighted by molar-refractivity contribution is 6.83. The highest BCUT2D eigenvalue weighted by Gasteiger charge is 2.17. The summed E-state index contributed by atoms with van der Waals surface area (Å²) in [6.07, 6.45) is 23.8. The van der Waals surface area contributed by atoms with Crippen LogP contribution in [0.2, 0.25) is 19.6 Å². The Morgan fingerprint density at radius 1 is 0.450 bits per heavy atom. The zero-order valence-corrected chi connectivity index (χ0v) is 41.2. The van der Waals surface area contributed by atoms with Crippen molar-refractivity contribution in [3.8, 4) is 35.1 Å². The summed E-state index contributed by atoms with van der Waals surface area (Å²) < 4.78 is 0. The second-order valence-electron chi connectivity index (χ2n) is 19.0. The van der Waals surface area contributed by atoms with Crippen LogP contribution in [0.5, 0.6) is 0 Å². The Morgan fingerprint density at radius 3 is 1.05 bits per heavy atom. The minimum Gasteiger partial charge on any atom is -0.238 e. The molecule has 0 unspecified atom stereocenters. The molecule has 0 fully saturated rings. The van der Waals surface area contributed by atoms with Crippen molar-refractivity contribution in [1.29, 1.82) is 0 Å². The lowest BCUT2D eigenvalue weighted by Crippen LogP contribution is -2.16. The minimum atomic E-state index is -1.53. The van der Waals surface area contributed by atoms with Crippen molar-refractivity contribution < 1.29 is 0 Å².